The lowest BCUT2D eigenvalue weighted by Crippen LogP contribution is -2.48. The highest BCUT2D eigenvalue weighted by Gasteiger charge is 2.34. The molecule has 0 unspecified atom stereocenters. The van der Waals surface area contributed by atoms with Crippen LogP contribution in [0.4, 0.5) is 0 Å². The number of nitrogens with one attached hydrogen (secondary N) is 1. The molecule has 0 radical (unpaired) electrons. The third kappa shape index (κ3) is 2.23. The zero-order valence-corrected chi connectivity index (χ0v) is 9.92. The molecule has 1 heterocycles. The van der Waals surface area contributed by atoms with Crippen LogP contribution in [0, 0.1) is 0 Å². The number of hydrogen-bond acceptors (Lipinski definition) is 2. The molecule has 0 bridgehead atoms. The van der Waals surface area contributed by atoms with Crippen molar-refractivity contribution in [1.82, 2.24) is 9.88 Å². The quantitative estimate of drug-likeness (QED) is 0.840. The summed E-state index contributed by atoms with van der Waals surface area (Å²) in [6.07, 6.45) is 4.24. The lowest BCUT2D eigenvalue weighted by atomic mass is 9.80. The summed E-state index contributed by atoms with van der Waals surface area (Å²) in [7, 11) is 1.76. The fraction of sp³-hybridized carbons (Fsp3) is 0.545. The smallest absolute Gasteiger partial charge is 0.268 e. The van der Waals surface area contributed by atoms with Crippen LogP contribution in [0.15, 0.2) is 12.3 Å². The molecule has 0 atom stereocenters. The van der Waals surface area contributed by atoms with Gasteiger partial charge in [-0.3, -0.25) is 4.79 Å². The van der Waals surface area contributed by atoms with Gasteiger partial charge >= 0.3 is 0 Å². The first-order valence-electron chi connectivity index (χ1n) is 5.33. The van der Waals surface area contributed by atoms with Gasteiger partial charge in [-0.05, 0) is 25.3 Å². The van der Waals surface area contributed by atoms with E-state index in [1.807, 2.05) is 0 Å². The van der Waals surface area contributed by atoms with Gasteiger partial charge in [0.05, 0.1) is 10.6 Å². The van der Waals surface area contributed by atoms with E-state index < -0.39 is 5.60 Å². The first-order valence-corrected chi connectivity index (χ1v) is 5.70. The predicted molar refractivity (Wildman–Crippen MR) is 61.6 cm³/mol. The van der Waals surface area contributed by atoms with Crippen LogP contribution in [0.2, 0.25) is 5.02 Å². The van der Waals surface area contributed by atoms with Gasteiger partial charge < -0.3 is 15.0 Å². The van der Waals surface area contributed by atoms with Crippen molar-refractivity contribution in [2.75, 3.05) is 6.54 Å². The van der Waals surface area contributed by atoms with Gasteiger partial charge in [0.15, 0.2) is 0 Å². The van der Waals surface area contributed by atoms with Crippen molar-refractivity contribution < 1.29 is 9.90 Å². The molecule has 1 aromatic rings. The largest absolute Gasteiger partial charge is 0.388 e. The van der Waals surface area contributed by atoms with Crippen LogP contribution in [0.5, 0.6) is 0 Å². The molecule has 1 saturated carbocycles. The summed E-state index contributed by atoms with van der Waals surface area (Å²) in [6, 6.07) is 1.61. The highest BCUT2D eigenvalue weighted by Crippen LogP contribution is 2.30. The molecule has 2 rings (SSSR count). The first kappa shape index (κ1) is 11.5. The number of nitrogens with zero attached hydrogens (tertiary/aromatic N) is 1. The molecule has 2 N–H and O–H groups in total. The number of aryl methyl sites for hydroxylation is 1. The highest BCUT2D eigenvalue weighted by atomic mass is 35.5. The third-order valence-corrected chi connectivity index (χ3v) is 3.27. The summed E-state index contributed by atoms with van der Waals surface area (Å²) in [5.74, 6) is -0.199. The summed E-state index contributed by atoms with van der Waals surface area (Å²) in [4.78, 5) is 11.8. The molecular formula is C11H15ClN2O2. The molecule has 0 aromatic carbocycles. The average Bonchev–Trinajstić information content (AvgIpc) is 2.51. The first-order chi connectivity index (χ1) is 7.50. The Bertz CT molecular complexity index is 410. The van der Waals surface area contributed by atoms with E-state index >= 15 is 0 Å². The van der Waals surface area contributed by atoms with Gasteiger partial charge in [0, 0.05) is 19.8 Å². The lowest BCUT2D eigenvalue weighted by Gasteiger charge is -2.36. The predicted octanol–water partition coefficient (Wildman–Crippen LogP) is 1.32. The molecule has 1 amide bonds. The van der Waals surface area contributed by atoms with Crippen LogP contribution in [0.3, 0.4) is 0 Å². The second-order valence-corrected chi connectivity index (χ2v) is 4.85. The summed E-state index contributed by atoms with van der Waals surface area (Å²) in [6.45, 7) is 0.314. The second-order valence-electron chi connectivity index (χ2n) is 4.42. The van der Waals surface area contributed by atoms with Gasteiger partial charge in [-0.1, -0.05) is 11.6 Å². The standard InChI is InChI=1S/C11H15ClN2O2/c1-14-6-8(12)5-9(14)10(15)13-7-11(16)3-2-4-11/h5-6,16H,2-4,7H2,1H3,(H,13,15). The third-order valence-electron chi connectivity index (χ3n) is 3.07. The summed E-state index contributed by atoms with van der Waals surface area (Å²) in [5.41, 5.74) is -0.183. The molecule has 1 aliphatic carbocycles. The van der Waals surface area contributed by atoms with Crippen LogP contribution >= 0.6 is 11.6 Å². The van der Waals surface area contributed by atoms with Crippen molar-refractivity contribution in [2.24, 2.45) is 7.05 Å². The zero-order chi connectivity index (χ0) is 11.8. The minimum atomic E-state index is -0.690. The molecular weight excluding hydrogens is 228 g/mol. The molecule has 1 fully saturated rings. The van der Waals surface area contributed by atoms with Gasteiger partial charge in [-0.15, -0.1) is 0 Å². The highest BCUT2D eigenvalue weighted by molar-refractivity contribution is 6.31. The summed E-state index contributed by atoms with van der Waals surface area (Å²) >= 11 is 5.79. The van der Waals surface area contributed by atoms with Crippen molar-refractivity contribution in [2.45, 2.75) is 24.9 Å². The Morgan fingerprint density at radius 2 is 2.38 bits per heavy atom. The van der Waals surface area contributed by atoms with E-state index in [2.05, 4.69) is 5.32 Å². The average molecular weight is 243 g/mol. The van der Waals surface area contributed by atoms with Crippen molar-refractivity contribution in [3.05, 3.63) is 23.0 Å². The molecule has 4 nitrogen and oxygen atoms in total. The lowest BCUT2D eigenvalue weighted by molar-refractivity contribution is -0.0301. The number of aliphatic hydroxyl groups is 1. The minimum Gasteiger partial charge on any atom is -0.388 e. The number of halogens is 1. The Morgan fingerprint density at radius 1 is 1.69 bits per heavy atom. The number of carbonyl (C=O) groups excluding carboxylic acids is 1. The fourth-order valence-corrected chi connectivity index (χ4v) is 2.10. The van der Waals surface area contributed by atoms with Gasteiger partial charge in [-0.25, -0.2) is 0 Å². The van der Waals surface area contributed by atoms with E-state index in [0.29, 0.717) is 17.3 Å². The fourth-order valence-electron chi connectivity index (χ4n) is 1.85. The van der Waals surface area contributed by atoms with E-state index in [0.717, 1.165) is 19.3 Å². The van der Waals surface area contributed by atoms with Gasteiger partial charge in [0.1, 0.15) is 5.69 Å². The van der Waals surface area contributed by atoms with Crippen molar-refractivity contribution >= 4 is 17.5 Å². The van der Waals surface area contributed by atoms with Crippen LogP contribution in [0.25, 0.3) is 0 Å². The molecule has 5 heteroatoms. The van der Waals surface area contributed by atoms with Crippen molar-refractivity contribution in [3.8, 4) is 0 Å². The molecule has 0 saturated heterocycles. The summed E-state index contributed by atoms with van der Waals surface area (Å²) in [5, 5.41) is 13.1. The molecule has 0 spiro atoms. The number of carbonyl (C=O) groups is 1. The Morgan fingerprint density at radius 3 is 2.81 bits per heavy atom. The number of rotatable bonds is 3. The Balaban J connectivity index is 1.95. The SMILES string of the molecule is Cn1cc(Cl)cc1C(=O)NCC1(O)CCC1. The normalized spacial score (nSPS) is 17.9. The Labute approximate surface area is 99.2 Å². The minimum absolute atomic E-state index is 0.199. The molecule has 16 heavy (non-hydrogen) atoms. The number of hydrogen-bond donors (Lipinski definition) is 2. The maximum absolute atomic E-state index is 11.8. The van der Waals surface area contributed by atoms with E-state index in [9.17, 15) is 9.90 Å². The van der Waals surface area contributed by atoms with Crippen LogP contribution in [0.1, 0.15) is 29.8 Å². The molecule has 88 valence electrons. The van der Waals surface area contributed by atoms with E-state index in [-0.39, 0.29) is 5.91 Å². The zero-order valence-electron chi connectivity index (χ0n) is 9.16. The van der Waals surface area contributed by atoms with Gasteiger partial charge in [0.25, 0.3) is 5.91 Å². The molecule has 0 aliphatic heterocycles. The van der Waals surface area contributed by atoms with Crippen molar-refractivity contribution in [1.29, 1.82) is 0 Å². The second kappa shape index (κ2) is 4.11. The molecule has 1 aromatic heterocycles. The van der Waals surface area contributed by atoms with Crippen LogP contribution in [-0.2, 0) is 7.05 Å². The van der Waals surface area contributed by atoms with Gasteiger partial charge in [-0.2, -0.15) is 0 Å². The molecule has 1 aliphatic rings. The van der Waals surface area contributed by atoms with Crippen LogP contribution < -0.4 is 5.32 Å². The van der Waals surface area contributed by atoms with E-state index in [1.54, 1.807) is 23.9 Å². The maximum Gasteiger partial charge on any atom is 0.268 e. The summed E-state index contributed by atoms with van der Waals surface area (Å²) < 4.78 is 1.67. The topological polar surface area (TPSA) is 54.3 Å². The monoisotopic (exact) mass is 242 g/mol. The van der Waals surface area contributed by atoms with Crippen LogP contribution in [-0.4, -0.2) is 27.7 Å². The van der Waals surface area contributed by atoms with E-state index in [4.69, 9.17) is 11.6 Å². The van der Waals surface area contributed by atoms with E-state index in [1.165, 1.54) is 0 Å². The van der Waals surface area contributed by atoms with Gasteiger partial charge in [0.2, 0.25) is 0 Å². The Kier molecular flexibility index (Phi) is 2.95. The Hall–Kier alpha value is -1.00. The number of aromatic nitrogens is 1. The number of amides is 1. The van der Waals surface area contributed by atoms with Crippen molar-refractivity contribution in [3.63, 3.8) is 0 Å². The maximum atomic E-state index is 11.8.